The van der Waals surface area contributed by atoms with Crippen molar-refractivity contribution in [2.24, 2.45) is 7.05 Å². The summed E-state index contributed by atoms with van der Waals surface area (Å²) in [6.07, 6.45) is 5.07. The van der Waals surface area contributed by atoms with Gasteiger partial charge in [-0.15, -0.1) is 0 Å². The van der Waals surface area contributed by atoms with Gasteiger partial charge in [-0.05, 0) is 11.6 Å². The fourth-order valence-electron chi connectivity index (χ4n) is 1.24. The van der Waals surface area contributed by atoms with Crippen molar-refractivity contribution in [1.82, 2.24) is 19.5 Å². The van der Waals surface area contributed by atoms with Crippen LogP contribution in [0.2, 0.25) is 5.28 Å². The molecule has 2 aromatic heterocycles. The van der Waals surface area contributed by atoms with Crippen LogP contribution in [-0.2, 0) is 13.6 Å². The van der Waals surface area contributed by atoms with E-state index in [1.54, 1.807) is 6.20 Å². The summed E-state index contributed by atoms with van der Waals surface area (Å²) in [6, 6.07) is 0. The molecule has 7 heteroatoms. The van der Waals surface area contributed by atoms with Crippen molar-refractivity contribution in [3.05, 3.63) is 29.7 Å². The highest BCUT2D eigenvalue weighted by molar-refractivity contribution is 6.28. The van der Waals surface area contributed by atoms with Gasteiger partial charge in [-0.1, -0.05) is 0 Å². The maximum atomic E-state index is 5.69. The van der Waals surface area contributed by atoms with Gasteiger partial charge in [-0.25, -0.2) is 9.97 Å². The smallest absolute Gasteiger partial charge is 0.224 e. The zero-order valence-electron chi connectivity index (χ0n) is 8.68. The molecule has 0 atom stereocenters. The summed E-state index contributed by atoms with van der Waals surface area (Å²) in [5.41, 5.74) is 6.15. The number of nitrogens with zero attached hydrogens (tertiary/aromatic N) is 4. The SMILES string of the molecule is Cn1ccnc1CNc1nc(Cl)ncc1N. The summed E-state index contributed by atoms with van der Waals surface area (Å²) in [5.74, 6) is 1.40. The van der Waals surface area contributed by atoms with Crippen molar-refractivity contribution in [1.29, 1.82) is 0 Å². The third kappa shape index (κ3) is 2.22. The van der Waals surface area contributed by atoms with Gasteiger partial charge in [0.25, 0.3) is 0 Å². The first-order valence-electron chi connectivity index (χ1n) is 4.65. The summed E-state index contributed by atoms with van der Waals surface area (Å²) in [7, 11) is 1.92. The molecule has 2 rings (SSSR count). The number of nitrogen functional groups attached to an aromatic ring is 1. The Kier molecular flexibility index (Phi) is 2.91. The predicted octanol–water partition coefficient (Wildman–Crippen LogP) is 1.06. The minimum absolute atomic E-state index is 0.163. The normalized spacial score (nSPS) is 10.4. The van der Waals surface area contributed by atoms with Gasteiger partial charge < -0.3 is 15.6 Å². The molecule has 0 fully saturated rings. The molecule has 2 aromatic rings. The highest BCUT2D eigenvalue weighted by atomic mass is 35.5. The highest BCUT2D eigenvalue weighted by Crippen LogP contribution is 2.16. The molecule has 0 aliphatic rings. The van der Waals surface area contributed by atoms with E-state index >= 15 is 0 Å². The number of anilines is 2. The van der Waals surface area contributed by atoms with Crippen molar-refractivity contribution in [3.63, 3.8) is 0 Å². The summed E-state index contributed by atoms with van der Waals surface area (Å²) in [5, 5.41) is 3.22. The van der Waals surface area contributed by atoms with Gasteiger partial charge in [0.05, 0.1) is 18.4 Å². The first-order chi connectivity index (χ1) is 7.66. The Morgan fingerprint density at radius 2 is 2.31 bits per heavy atom. The van der Waals surface area contributed by atoms with E-state index in [-0.39, 0.29) is 5.28 Å². The second-order valence-electron chi connectivity index (χ2n) is 3.25. The molecule has 2 heterocycles. The fraction of sp³-hybridized carbons (Fsp3) is 0.222. The number of hydrogen-bond donors (Lipinski definition) is 2. The van der Waals surface area contributed by atoms with Gasteiger partial charge in [-0.3, -0.25) is 0 Å². The average Bonchev–Trinajstić information content (AvgIpc) is 2.66. The Labute approximate surface area is 97.5 Å². The second-order valence-corrected chi connectivity index (χ2v) is 3.59. The lowest BCUT2D eigenvalue weighted by Crippen LogP contribution is -2.09. The van der Waals surface area contributed by atoms with Gasteiger partial charge in [0.15, 0.2) is 5.82 Å². The van der Waals surface area contributed by atoms with E-state index in [2.05, 4.69) is 20.3 Å². The first kappa shape index (κ1) is 10.7. The Bertz CT molecular complexity index is 494. The summed E-state index contributed by atoms with van der Waals surface area (Å²) >= 11 is 5.67. The zero-order valence-corrected chi connectivity index (χ0v) is 9.44. The topological polar surface area (TPSA) is 81.7 Å². The van der Waals surface area contributed by atoms with Gasteiger partial charge in [-0.2, -0.15) is 4.98 Å². The van der Waals surface area contributed by atoms with Gasteiger partial charge in [0.2, 0.25) is 5.28 Å². The number of halogens is 1. The van der Waals surface area contributed by atoms with Crippen LogP contribution >= 0.6 is 11.6 Å². The van der Waals surface area contributed by atoms with Crippen molar-refractivity contribution in [3.8, 4) is 0 Å². The minimum Gasteiger partial charge on any atom is -0.394 e. The Hall–Kier alpha value is -1.82. The molecule has 0 aliphatic carbocycles. The van der Waals surface area contributed by atoms with E-state index < -0.39 is 0 Å². The van der Waals surface area contributed by atoms with E-state index in [1.807, 2.05) is 17.8 Å². The molecule has 0 amide bonds. The Morgan fingerprint density at radius 1 is 1.50 bits per heavy atom. The van der Waals surface area contributed by atoms with Crippen molar-refractivity contribution >= 4 is 23.1 Å². The Balaban J connectivity index is 2.10. The van der Waals surface area contributed by atoms with Gasteiger partial charge in [0.1, 0.15) is 5.82 Å². The number of rotatable bonds is 3. The molecule has 84 valence electrons. The highest BCUT2D eigenvalue weighted by Gasteiger charge is 2.04. The standard InChI is InChI=1S/C9H11ClN6/c1-16-3-2-12-7(16)5-13-8-6(11)4-14-9(10)15-8/h2-4H,5,11H2,1H3,(H,13,14,15). The van der Waals surface area contributed by atoms with Crippen LogP contribution in [0.3, 0.4) is 0 Å². The van der Waals surface area contributed by atoms with Crippen LogP contribution in [0.5, 0.6) is 0 Å². The van der Waals surface area contributed by atoms with Crippen LogP contribution in [0.4, 0.5) is 11.5 Å². The number of nitrogens with one attached hydrogen (secondary N) is 1. The molecule has 0 saturated heterocycles. The van der Waals surface area contributed by atoms with Crippen LogP contribution < -0.4 is 11.1 Å². The summed E-state index contributed by atoms with van der Waals surface area (Å²) in [4.78, 5) is 11.9. The van der Waals surface area contributed by atoms with E-state index in [0.717, 1.165) is 5.82 Å². The maximum Gasteiger partial charge on any atom is 0.224 e. The number of aromatic nitrogens is 4. The van der Waals surface area contributed by atoms with Crippen LogP contribution in [0.25, 0.3) is 0 Å². The van der Waals surface area contributed by atoms with E-state index in [9.17, 15) is 0 Å². The van der Waals surface area contributed by atoms with Gasteiger partial charge in [0, 0.05) is 19.4 Å². The van der Waals surface area contributed by atoms with Crippen LogP contribution in [-0.4, -0.2) is 19.5 Å². The molecule has 0 aromatic carbocycles. The number of imidazole rings is 1. The lowest BCUT2D eigenvalue weighted by Gasteiger charge is -2.07. The molecule has 0 unspecified atom stereocenters. The van der Waals surface area contributed by atoms with E-state index in [0.29, 0.717) is 18.1 Å². The Morgan fingerprint density at radius 3 is 3.00 bits per heavy atom. The van der Waals surface area contributed by atoms with Crippen molar-refractivity contribution in [2.45, 2.75) is 6.54 Å². The van der Waals surface area contributed by atoms with Crippen LogP contribution in [0, 0.1) is 0 Å². The molecule has 3 N–H and O–H groups in total. The molecule has 0 radical (unpaired) electrons. The summed E-state index contributed by atoms with van der Waals surface area (Å²) < 4.78 is 1.91. The predicted molar refractivity (Wildman–Crippen MR) is 62.0 cm³/mol. The second kappa shape index (κ2) is 4.36. The molecule has 0 aliphatic heterocycles. The van der Waals surface area contributed by atoms with Crippen molar-refractivity contribution in [2.75, 3.05) is 11.1 Å². The molecule has 0 bridgehead atoms. The van der Waals surface area contributed by atoms with Crippen molar-refractivity contribution < 1.29 is 0 Å². The van der Waals surface area contributed by atoms with Crippen LogP contribution in [0.1, 0.15) is 5.82 Å². The van der Waals surface area contributed by atoms with Crippen LogP contribution in [0.15, 0.2) is 18.6 Å². The van der Waals surface area contributed by atoms with E-state index in [4.69, 9.17) is 17.3 Å². The lowest BCUT2D eigenvalue weighted by molar-refractivity contribution is 0.810. The number of aryl methyl sites for hydroxylation is 1. The maximum absolute atomic E-state index is 5.69. The number of hydrogen-bond acceptors (Lipinski definition) is 5. The molecule has 0 saturated carbocycles. The largest absolute Gasteiger partial charge is 0.394 e. The fourth-order valence-corrected chi connectivity index (χ4v) is 1.37. The first-order valence-corrected chi connectivity index (χ1v) is 5.02. The molecule has 16 heavy (non-hydrogen) atoms. The third-order valence-corrected chi connectivity index (χ3v) is 2.30. The number of nitrogens with two attached hydrogens (primary N) is 1. The quantitative estimate of drug-likeness (QED) is 0.782. The molecule has 6 nitrogen and oxygen atoms in total. The third-order valence-electron chi connectivity index (χ3n) is 2.12. The van der Waals surface area contributed by atoms with E-state index in [1.165, 1.54) is 6.20 Å². The lowest BCUT2D eigenvalue weighted by atomic mass is 10.4. The molecular formula is C9H11ClN6. The molecule has 0 spiro atoms. The van der Waals surface area contributed by atoms with Gasteiger partial charge >= 0.3 is 0 Å². The molecular weight excluding hydrogens is 228 g/mol. The zero-order chi connectivity index (χ0) is 11.5. The minimum atomic E-state index is 0.163. The summed E-state index contributed by atoms with van der Waals surface area (Å²) in [6.45, 7) is 0.529. The average molecular weight is 239 g/mol. The monoisotopic (exact) mass is 238 g/mol.